The molecule has 134 valence electrons. The van der Waals surface area contributed by atoms with Gasteiger partial charge in [-0.05, 0) is 0 Å². The van der Waals surface area contributed by atoms with Gasteiger partial charge in [-0.25, -0.2) is 0 Å². The summed E-state index contributed by atoms with van der Waals surface area (Å²) in [6.07, 6.45) is 2.06. The predicted octanol–water partition coefficient (Wildman–Crippen LogP) is 5.93. The number of pyridine rings is 1. The minimum absolute atomic E-state index is 0.147. The van der Waals surface area contributed by atoms with Crippen molar-refractivity contribution in [1.29, 1.82) is 0 Å². The SMILES string of the molecule is [2H]C([2H])([2H])c1ccc(-c2cc(C(C)(C)c3ccccc3)[c]([Ge]([CH3])([CH3])[CH3])cn2)cc1. The summed E-state index contributed by atoms with van der Waals surface area (Å²) in [6.45, 7) is 2.46. The quantitative estimate of drug-likeness (QED) is 0.489. The Kier molecular flexibility index (Phi) is 4.12. The van der Waals surface area contributed by atoms with Crippen LogP contribution >= 0.6 is 0 Å². The third-order valence-corrected chi connectivity index (χ3v) is 9.29. The van der Waals surface area contributed by atoms with Gasteiger partial charge in [-0.3, -0.25) is 0 Å². The maximum absolute atomic E-state index is 7.58. The van der Waals surface area contributed by atoms with E-state index in [1.807, 2.05) is 18.2 Å². The van der Waals surface area contributed by atoms with Crippen LogP contribution in [0.25, 0.3) is 11.3 Å². The predicted molar refractivity (Wildman–Crippen MR) is 116 cm³/mol. The van der Waals surface area contributed by atoms with Crippen LogP contribution in [0.4, 0.5) is 0 Å². The molecule has 0 radical (unpaired) electrons. The molecule has 0 saturated heterocycles. The number of rotatable bonds is 4. The Bertz CT molecular complexity index is 985. The van der Waals surface area contributed by atoms with E-state index in [1.54, 1.807) is 12.1 Å². The molecule has 0 spiro atoms. The molecule has 0 amide bonds. The third kappa shape index (κ3) is 3.78. The van der Waals surface area contributed by atoms with Crippen molar-refractivity contribution in [2.75, 3.05) is 0 Å². The zero-order chi connectivity index (χ0) is 21.4. The van der Waals surface area contributed by atoms with Crippen molar-refractivity contribution in [3.05, 3.63) is 83.6 Å². The van der Waals surface area contributed by atoms with Crippen molar-refractivity contribution < 1.29 is 4.11 Å². The molecule has 0 bridgehead atoms. The Morgan fingerprint density at radius 3 is 2.15 bits per heavy atom. The molecule has 0 aliphatic carbocycles. The average Bonchev–Trinajstić information content (AvgIpc) is 2.67. The number of nitrogens with zero attached hydrogens (tertiary/aromatic N) is 1. The minimum atomic E-state index is -2.17. The van der Waals surface area contributed by atoms with E-state index in [0.717, 1.165) is 11.3 Å². The summed E-state index contributed by atoms with van der Waals surface area (Å²) in [5.41, 5.74) is 4.63. The molecule has 26 heavy (non-hydrogen) atoms. The topological polar surface area (TPSA) is 12.9 Å². The number of hydrogen-bond donors (Lipinski definition) is 0. The summed E-state index contributed by atoms with van der Waals surface area (Å²) in [6, 6.07) is 19.9. The van der Waals surface area contributed by atoms with Gasteiger partial charge < -0.3 is 0 Å². The zero-order valence-electron chi connectivity index (χ0n) is 19.3. The molecule has 1 aromatic heterocycles. The fraction of sp³-hybridized carbons (Fsp3) is 0.292. The molecular formula is C24H29GeN. The molecule has 0 aliphatic rings. The van der Waals surface area contributed by atoms with Gasteiger partial charge in [0.05, 0.1) is 0 Å². The third-order valence-electron chi connectivity index (χ3n) is 5.06. The van der Waals surface area contributed by atoms with E-state index in [-0.39, 0.29) is 5.41 Å². The Balaban J connectivity index is 2.15. The van der Waals surface area contributed by atoms with Gasteiger partial charge >= 0.3 is 165 Å². The molecule has 1 heterocycles. The molecule has 2 aromatic carbocycles. The van der Waals surface area contributed by atoms with Crippen LogP contribution in [0.15, 0.2) is 66.9 Å². The first-order valence-corrected chi connectivity index (χ1v) is 16.4. The van der Waals surface area contributed by atoms with Gasteiger partial charge in [-0.2, -0.15) is 0 Å². The van der Waals surface area contributed by atoms with E-state index >= 15 is 0 Å². The van der Waals surface area contributed by atoms with Crippen LogP contribution in [-0.4, -0.2) is 18.3 Å². The first-order chi connectivity index (χ1) is 13.4. The Morgan fingerprint density at radius 2 is 1.58 bits per heavy atom. The maximum atomic E-state index is 7.58. The van der Waals surface area contributed by atoms with Gasteiger partial charge in [0.1, 0.15) is 0 Å². The Labute approximate surface area is 165 Å². The standard InChI is InChI=1S/C24H29GeN/c1-18-12-14-19(15-13-18)23-16-21(22(17-26-23)25(4,5)6)24(2,3)20-10-8-7-9-11-20/h7-17H,1-6H3/i1D3. The second-order valence-electron chi connectivity index (χ2n) is 8.43. The van der Waals surface area contributed by atoms with Crippen LogP contribution in [-0.2, 0) is 5.41 Å². The summed E-state index contributed by atoms with van der Waals surface area (Å²) in [5.74, 6) is 7.19. The first kappa shape index (κ1) is 15.2. The molecule has 0 unspecified atom stereocenters. The Morgan fingerprint density at radius 1 is 0.923 bits per heavy atom. The second-order valence-corrected chi connectivity index (χ2v) is 19.0. The van der Waals surface area contributed by atoms with Crippen molar-refractivity contribution in [1.82, 2.24) is 4.98 Å². The van der Waals surface area contributed by atoms with E-state index in [4.69, 9.17) is 9.10 Å². The van der Waals surface area contributed by atoms with E-state index in [0.29, 0.717) is 5.56 Å². The fourth-order valence-corrected chi connectivity index (χ4v) is 6.83. The van der Waals surface area contributed by atoms with Gasteiger partial charge in [0.2, 0.25) is 0 Å². The molecule has 0 fully saturated rings. The van der Waals surface area contributed by atoms with Crippen LogP contribution in [0.5, 0.6) is 0 Å². The van der Waals surface area contributed by atoms with Crippen LogP contribution in [0.2, 0.25) is 17.3 Å². The van der Waals surface area contributed by atoms with Gasteiger partial charge in [0, 0.05) is 0 Å². The van der Waals surface area contributed by atoms with E-state index in [1.165, 1.54) is 15.5 Å². The van der Waals surface area contributed by atoms with Crippen LogP contribution in [0.1, 0.15) is 34.7 Å². The normalized spacial score (nSPS) is 14.4. The monoisotopic (exact) mass is 408 g/mol. The molecule has 0 aliphatic heterocycles. The van der Waals surface area contributed by atoms with Crippen molar-refractivity contribution in [3.63, 3.8) is 0 Å². The number of aryl methyl sites for hydroxylation is 1. The van der Waals surface area contributed by atoms with Crippen LogP contribution in [0, 0.1) is 6.85 Å². The molecule has 3 aromatic rings. The van der Waals surface area contributed by atoms with Gasteiger partial charge in [0.15, 0.2) is 0 Å². The Hall–Kier alpha value is -1.87. The summed E-state index contributed by atoms with van der Waals surface area (Å²) in [5, 5.41) is 0. The van der Waals surface area contributed by atoms with E-state index < -0.39 is 20.1 Å². The number of hydrogen-bond acceptors (Lipinski definition) is 1. The fourth-order valence-electron chi connectivity index (χ4n) is 3.38. The second kappa shape index (κ2) is 7.04. The summed E-state index contributed by atoms with van der Waals surface area (Å²) in [4.78, 5) is 4.78. The van der Waals surface area contributed by atoms with Gasteiger partial charge in [-0.15, -0.1) is 0 Å². The van der Waals surface area contributed by atoms with E-state index in [2.05, 4.69) is 67.6 Å². The number of benzene rings is 2. The van der Waals surface area contributed by atoms with Gasteiger partial charge in [0.25, 0.3) is 0 Å². The van der Waals surface area contributed by atoms with Crippen molar-refractivity contribution in [3.8, 4) is 11.3 Å². The number of aromatic nitrogens is 1. The first-order valence-electron chi connectivity index (χ1n) is 10.6. The molecule has 0 N–H and O–H groups in total. The summed E-state index contributed by atoms with van der Waals surface area (Å²) in [7, 11) is 0. The molecule has 0 saturated carbocycles. The summed E-state index contributed by atoms with van der Waals surface area (Å²) >= 11 is -2.17. The van der Waals surface area contributed by atoms with Crippen LogP contribution < -0.4 is 4.40 Å². The molecule has 1 nitrogen and oxygen atoms in total. The summed E-state index contributed by atoms with van der Waals surface area (Å²) < 4.78 is 24.1. The van der Waals surface area contributed by atoms with Gasteiger partial charge in [-0.1, -0.05) is 0 Å². The van der Waals surface area contributed by atoms with E-state index in [9.17, 15) is 0 Å². The van der Waals surface area contributed by atoms with Crippen molar-refractivity contribution in [2.45, 2.75) is 43.4 Å². The molecule has 3 rings (SSSR count). The van der Waals surface area contributed by atoms with Crippen molar-refractivity contribution >= 4 is 17.7 Å². The zero-order valence-corrected chi connectivity index (χ0v) is 18.4. The average molecular weight is 407 g/mol. The van der Waals surface area contributed by atoms with Crippen LogP contribution in [0.3, 0.4) is 0 Å². The molecular weight excluding hydrogens is 375 g/mol. The molecule has 2 heteroatoms. The molecule has 0 atom stereocenters. The van der Waals surface area contributed by atoms with Crippen molar-refractivity contribution in [2.24, 2.45) is 0 Å².